The molecule has 0 spiro atoms. The first-order chi connectivity index (χ1) is 7.83. The van der Waals surface area contributed by atoms with Crippen LogP contribution in [0.5, 0.6) is 0 Å². The summed E-state index contributed by atoms with van der Waals surface area (Å²) < 4.78 is 14.7. The minimum Gasteiger partial charge on any atom is -0.387 e. The molecule has 0 amide bonds. The Hall–Kier alpha value is -2.10. The van der Waals surface area contributed by atoms with E-state index in [2.05, 4.69) is 10.3 Å². The van der Waals surface area contributed by atoms with Gasteiger partial charge in [0, 0.05) is 30.7 Å². The normalized spacial score (nSPS) is 14.9. The lowest BCUT2D eigenvalue weighted by Crippen LogP contribution is -2.08. The van der Waals surface area contributed by atoms with Crippen LogP contribution in [0.25, 0.3) is 11.2 Å². The molecular formula is C12H10FN3. The largest absolute Gasteiger partial charge is 0.387 e. The van der Waals surface area contributed by atoms with Crippen LogP contribution in [0.2, 0.25) is 0 Å². The predicted molar refractivity (Wildman–Crippen MR) is 60.3 cm³/mol. The molecule has 0 saturated carbocycles. The summed E-state index contributed by atoms with van der Waals surface area (Å²) in [6.45, 7) is 0.839. The molecule has 0 fully saturated rings. The molecule has 0 saturated heterocycles. The van der Waals surface area contributed by atoms with E-state index in [1.165, 1.54) is 12.3 Å². The highest BCUT2D eigenvalue weighted by atomic mass is 19.1. The van der Waals surface area contributed by atoms with Crippen LogP contribution in [0.15, 0.2) is 42.9 Å². The first-order valence-corrected chi connectivity index (χ1v) is 5.08. The molecule has 0 aromatic carbocycles. The first kappa shape index (κ1) is 9.15. The fourth-order valence-corrected chi connectivity index (χ4v) is 1.73. The Kier molecular flexibility index (Phi) is 1.99. The number of allylic oxidation sites excluding steroid dienone is 2. The van der Waals surface area contributed by atoms with Crippen molar-refractivity contribution >= 4 is 11.2 Å². The molecule has 3 rings (SSSR count). The molecular weight excluding hydrogens is 205 g/mol. The summed E-state index contributed by atoms with van der Waals surface area (Å²) in [6.07, 6.45) is 9.20. The first-order valence-electron chi connectivity index (χ1n) is 5.08. The van der Waals surface area contributed by atoms with E-state index in [1.807, 2.05) is 24.5 Å². The third-order valence-corrected chi connectivity index (χ3v) is 2.50. The summed E-state index contributed by atoms with van der Waals surface area (Å²) in [6, 6.07) is 3.08. The molecule has 0 unspecified atom stereocenters. The van der Waals surface area contributed by atoms with Crippen molar-refractivity contribution in [1.29, 1.82) is 0 Å². The Balaban J connectivity index is 2.11. The van der Waals surface area contributed by atoms with Gasteiger partial charge in [0.15, 0.2) is 0 Å². The molecule has 3 heterocycles. The van der Waals surface area contributed by atoms with E-state index in [-0.39, 0.29) is 5.82 Å². The molecule has 1 aliphatic rings. The Morgan fingerprint density at radius 3 is 3.06 bits per heavy atom. The summed E-state index contributed by atoms with van der Waals surface area (Å²) in [5.41, 5.74) is 2.60. The third kappa shape index (κ3) is 1.48. The van der Waals surface area contributed by atoms with E-state index in [0.29, 0.717) is 0 Å². The quantitative estimate of drug-likeness (QED) is 0.788. The maximum absolute atomic E-state index is 13.0. The van der Waals surface area contributed by atoms with Gasteiger partial charge >= 0.3 is 0 Å². The van der Waals surface area contributed by atoms with E-state index in [0.717, 1.165) is 23.5 Å². The average molecular weight is 215 g/mol. The number of nitrogens with zero attached hydrogens (tertiary/aromatic N) is 2. The van der Waals surface area contributed by atoms with Gasteiger partial charge in [0.25, 0.3) is 0 Å². The Labute approximate surface area is 91.9 Å². The molecule has 4 heteroatoms. The zero-order chi connectivity index (χ0) is 11.0. The van der Waals surface area contributed by atoms with E-state index in [4.69, 9.17) is 0 Å². The average Bonchev–Trinajstić information content (AvgIpc) is 2.73. The second-order valence-electron chi connectivity index (χ2n) is 3.65. The maximum Gasteiger partial charge on any atom is 0.139 e. The van der Waals surface area contributed by atoms with Gasteiger partial charge in [-0.2, -0.15) is 0 Å². The lowest BCUT2D eigenvalue weighted by atomic mass is 10.2. The van der Waals surface area contributed by atoms with Crippen LogP contribution in [0.1, 0.15) is 5.69 Å². The maximum atomic E-state index is 13.0. The Morgan fingerprint density at radius 1 is 1.31 bits per heavy atom. The molecule has 0 atom stereocenters. The smallest absolute Gasteiger partial charge is 0.139 e. The van der Waals surface area contributed by atoms with Crippen molar-refractivity contribution in [3.63, 3.8) is 0 Å². The van der Waals surface area contributed by atoms with Crippen molar-refractivity contribution < 1.29 is 4.39 Å². The van der Waals surface area contributed by atoms with Gasteiger partial charge in [0.1, 0.15) is 11.5 Å². The van der Waals surface area contributed by atoms with Gasteiger partial charge < -0.3 is 9.72 Å². The van der Waals surface area contributed by atoms with E-state index < -0.39 is 0 Å². The number of imidazole rings is 1. The van der Waals surface area contributed by atoms with Crippen LogP contribution in [-0.2, 0) is 0 Å². The Bertz CT molecular complexity index is 595. The number of rotatable bonds is 1. The van der Waals surface area contributed by atoms with Gasteiger partial charge in [-0.05, 0) is 12.1 Å². The number of dihydropyridines is 1. The fourth-order valence-electron chi connectivity index (χ4n) is 1.73. The standard InChI is InChI=1S/C12H10FN3/c13-10-3-4-12-15-11(8-16(12)7-10)9-2-1-5-14-6-9/h1-4,6-8,14H,5H2. The number of nitrogens with one attached hydrogen (secondary N) is 1. The van der Waals surface area contributed by atoms with E-state index in [1.54, 1.807) is 10.5 Å². The fraction of sp³-hybridized carbons (Fsp3) is 0.0833. The molecule has 80 valence electrons. The Morgan fingerprint density at radius 2 is 2.25 bits per heavy atom. The monoisotopic (exact) mass is 215 g/mol. The van der Waals surface area contributed by atoms with Crippen LogP contribution >= 0.6 is 0 Å². The van der Waals surface area contributed by atoms with Crippen molar-refractivity contribution in [2.24, 2.45) is 0 Å². The molecule has 1 aliphatic heterocycles. The highest BCUT2D eigenvalue weighted by molar-refractivity contribution is 5.73. The minimum absolute atomic E-state index is 0.261. The summed E-state index contributed by atoms with van der Waals surface area (Å²) in [7, 11) is 0. The van der Waals surface area contributed by atoms with Crippen molar-refractivity contribution in [3.05, 3.63) is 54.4 Å². The van der Waals surface area contributed by atoms with Gasteiger partial charge in [-0.25, -0.2) is 9.37 Å². The number of hydrogen-bond donors (Lipinski definition) is 1. The van der Waals surface area contributed by atoms with Crippen molar-refractivity contribution in [1.82, 2.24) is 14.7 Å². The van der Waals surface area contributed by atoms with Gasteiger partial charge in [-0.1, -0.05) is 12.2 Å². The van der Waals surface area contributed by atoms with Crippen LogP contribution in [-0.4, -0.2) is 15.9 Å². The summed E-state index contributed by atoms with van der Waals surface area (Å²) in [5, 5.41) is 3.12. The van der Waals surface area contributed by atoms with Crippen LogP contribution in [0.3, 0.4) is 0 Å². The zero-order valence-corrected chi connectivity index (χ0v) is 8.52. The minimum atomic E-state index is -0.261. The number of fused-ring (bicyclic) bond motifs is 1. The van der Waals surface area contributed by atoms with E-state index in [9.17, 15) is 4.39 Å². The highest BCUT2D eigenvalue weighted by Gasteiger charge is 2.06. The van der Waals surface area contributed by atoms with Crippen LogP contribution in [0, 0.1) is 5.82 Å². The number of aromatic nitrogens is 2. The van der Waals surface area contributed by atoms with Crippen molar-refractivity contribution in [2.45, 2.75) is 0 Å². The molecule has 3 nitrogen and oxygen atoms in total. The van der Waals surface area contributed by atoms with Crippen LogP contribution in [0.4, 0.5) is 4.39 Å². The molecule has 2 aromatic rings. The number of hydrogen-bond acceptors (Lipinski definition) is 2. The van der Waals surface area contributed by atoms with Gasteiger partial charge in [-0.15, -0.1) is 0 Å². The number of pyridine rings is 1. The lowest BCUT2D eigenvalue weighted by molar-refractivity contribution is 0.619. The molecule has 2 aromatic heterocycles. The molecule has 0 radical (unpaired) electrons. The summed E-state index contributed by atoms with van der Waals surface area (Å²) in [4.78, 5) is 4.41. The summed E-state index contributed by atoms with van der Waals surface area (Å²) >= 11 is 0. The zero-order valence-electron chi connectivity index (χ0n) is 8.52. The van der Waals surface area contributed by atoms with Crippen molar-refractivity contribution in [3.8, 4) is 0 Å². The SMILES string of the molecule is Fc1ccc2nc(C3=CNCC=C3)cn2c1. The van der Waals surface area contributed by atoms with Crippen LogP contribution < -0.4 is 5.32 Å². The molecule has 1 N–H and O–H groups in total. The van der Waals surface area contributed by atoms with Gasteiger partial charge in [0.05, 0.1) is 5.69 Å². The molecule has 16 heavy (non-hydrogen) atoms. The topological polar surface area (TPSA) is 29.3 Å². The highest BCUT2D eigenvalue weighted by Crippen LogP contribution is 2.17. The molecule has 0 aliphatic carbocycles. The second-order valence-corrected chi connectivity index (χ2v) is 3.65. The molecule has 0 bridgehead atoms. The predicted octanol–water partition coefficient (Wildman–Crippen LogP) is 1.97. The number of halogens is 1. The van der Waals surface area contributed by atoms with Gasteiger partial charge in [0.2, 0.25) is 0 Å². The third-order valence-electron chi connectivity index (χ3n) is 2.50. The second kappa shape index (κ2) is 3.48. The summed E-state index contributed by atoms with van der Waals surface area (Å²) in [5.74, 6) is -0.261. The van der Waals surface area contributed by atoms with E-state index >= 15 is 0 Å². The van der Waals surface area contributed by atoms with Crippen molar-refractivity contribution in [2.75, 3.05) is 6.54 Å². The lowest BCUT2D eigenvalue weighted by Gasteiger charge is -2.04. The van der Waals surface area contributed by atoms with Gasteiger partial charge in [-0.3, -0.25) is 0 Å².